The number of rotatable bonds is 1. The Labute approximate surface area is 113 Å². The van der Waals surface area contributed by atoms with Gasteiger partial charge in [0.1, 0.15) is 35.0 Å². The number of nitrogens with zero attached hydrogens (tertiary/aromatic N) is 4. The number of fused-ring (bicyclic) bond motifs is 3. The third-order valence-electron chi connectivity index (χ3n) is 3.58. The number of halogens is 2. The summed E-state index contributed by atoms with van der Waals surface area (Å²) >= 11 is 0. The molecule has 0 radical (unpaired) electrons. The van der Waals surface area contributed by atoms with E-state index in [1.54, 1.807) is 0 Å². The van der Waals surface area contributed by atoms with Crippen molar-refractivity contribution in [2.45, 2.75) is 19.4 Å². The molecule has 1 aliphatic rings. The SMILES string of the molecule is Fc1ccc(-c2ncnc3c2nc2n3CCC2)c(F)c1. The van der Waals surface area contributed by atoms with E-state index >= 15 is 0 Å². The first-order valence-electron chi connectivity index (χ1n) is 6.39. The number of imidazole rings is 1. The Morgan fingerprint density at radius 3 is 2.90 bits per heavy atom. The first-order chi connectivity index (χ1) is 9.74. The molecule has 4 nitrogen and oxygen atoms in total. The molecule has 0 bridgehead atoms. The summed E-state index contributed by atoms with van der Waals surface area (Å²) in [4.78, 5) is 12.9. The van der Waals surface area contributed by atoms with Gasteiger partial charge in [0, 0.05) is 24.6 Å². The molecular weight excluding hydrogens is 262 g/mol. The summed E-state index contributed by atoms with van der Waals surface area (Å²) in [6, 6.07) is 3.46. The second kappa shape index (κ2) is 4.06. The van der Waals surface area contributed by atoms with Crippen LogP contribution < -0.4 is 0 Å². The molecule has 1 aromatic carbocycles. The monoisotopic (exact) mass is 272 g/mol. The van der Waals surface area contributed by atoms with E-state index in [9.17, 15) is 8.78 Å². The van der Waals surface area contributed by atoms with Gasteiger partial charge in [-0.2, -0.15) is 0 Å². The van der Waals surface area contributed by atoms with Crippen molar-refractivity contribution in [1.29, 1.82) is 0 Å². The van der Waals surface area contributed by atoms with Crippen molar-refractivity contribution in [3.05, 3.63) is 42.0 Å². The topological polar surface area (TPSA) is 43.6 Å². The Morgan fingerprint density at radius 2 is 2.05 bits per heavy atom. The Hall–Kier alpha value is -2.37. The Morgan fingerprint density at radius 1 is 1.15 bits per heavy atom. The summed E-state index contributed by atoms with van der Waals surface area (Å²) in [7, 11) is 0. The van der Waals surface area contributed by atoms with Crippen LogP contribution >= 0.6 is 0 Å². The molecule has 0 fully saturated rings. The highest BCUT2D eigenvalue weighted by Crippen LogP contribution is 2.29. The molecule has 0 unspecified atom stereocenters. The smallest absolute Gasteiger partial charge is 0.164 e. The molecule has 0 N–H and O–H groups in total. The van der Waals surface area contributed by atoms with Gasteiger partial charge in [-0.3, -0.25) is 0 Å². The first kappa shape index (κ1) is 11.5. The predicted molar refractivity (Wildman–Crippen MR) is 69.0 cm³/mol. The van der Waals surface area contributed by atoms with Gasteiger partial charge >= 0.3 is 0 Å². The molecule has 4 rings (SSSR count). The van der Waals surface area contributed by atoms with Gasteiger partial charge in [0.15, 0.2) is 5.65 Å². The maximum absolute atomic E-state index is 13.9. The van der Waals surface area contributed by atoms with Crippen LogP contribution in [0.5, 0.6) is 0 Å². The van der Waals surface area contributed by atoms with Gasteiger partial charge in [-0.25, -0.2) is 23.7 Å². The zero-order valence-corrected chi connectivity index (χ0v) is 10.5. The fourth-order valence-corrected chi connectivity index (χ4v) is 2.68. The minimum atomic E-state index is -0.641. The first-order valence-corrected chi connectivity index (χ1v) is 6.39. The molecule has 3 heterocycles. The highest BCUT2D eigenvalue weighted by atomic mass is 19.1. The highest BCUT2D eigenvalue weighted by Gasteiger charge is 2.21. The molecule has 0 spiro atoms. The van der Waals surface area contributed by atoms with Crippen LogP contribution in [0.3, 0.4) is 0 Å². The van der Waals surface area contributed by atoms with E-state index in [-0.39, 0.29) is 5.56 Å². The Kier molecular flexibility index (Phi) is 2.33. The van der Waals surface area contributed by atoms with E-state index in [2.05, 4.69) is 15.0 Å². The lowest BCUT2D eigenvalue weighted by Gasteiger charge is -2.04. The van der Waals surface area contributed by atoms with Crippen LogP contribution in [0, 0.1) is 11.6 Å². The predicted octanol–water partition coefficient (Wildman–Crippen LogP) is 2.72. The molecule has 3 aromatic rings. The average Bonchev–Trinajstić information content (AvgIpc) is 2.99. The van der Waals surface area contributed by atoms with Crippen LogP contribution in [0.2, 0.25) is 0 Å². The lowest BCUT2D eigenvalue weighted by atomic mass is 10.1. The number of hydrogen-bond acceptors (Lipinski definition) is 3. The molecule has 0 atom stereocenters. The van der Waals surface area contributed by atoms with Gasteiger partial charge in [0.25, 0.3) is 0 Å². The van der Waals surface area contributed by atoms with E-state index < -0.39 is 11.6 Å². The van der Waals surface area contributed by atoms with Gasteiger partial charge in [-0.1, -0.05) is 0 Å². The van der Waals surface area contributed by atoms with Crippen molar-refractivity contribution in [2.75, 3.05) is 0 Å². The third-order valence-corrected chi connectivity index (χ3v) is 3.58. The molecule has 20 heavy (non-hydrogen) atoms. The van der Waals surface area contributed by atoms with Gasteiger partial charge in [-0.15, -0.1) is 0 Å². The van der Waals surface area contributed by atoms with Crippen LogP contribution in [0.25, 0.3) is 22.4 Å². The van der Waals surface area contributed by atoms with E-state index in [0.29, 0.717) is 16.9 Å². The van der Waals surface area contributed by atoms with Gasteiger partial charge in [-0.05, 0) is 18.6 Å². The fourth-order valence-electron chi connectivity index (χ4n) is 2.68. The van der Waals surface area contributed by atoms with Crippen LogP contribution in [0.1, 0.15) is 12.2 Å². The molecule has 1 aliphatic heterocycles. The Bertz CT molecular complexity index is 825. The van der Waals surface area contributed by atoms with Crippen molar-refractivity contribution in [2.24, 2.45) is 0 Å². The molecule has 100 valence electrons. The van der Waals surface area contributed by atoms with Gasteiger partial charge in [0.2, 0.25) is 0 Å². The summed E-state index contributed by atoms with van der Waals surface area (Å²) in [5.41, 5.74) is 1.95. The largest absolute Gasteiger partial charge is 0.313 e. The number of aromatic nitrogens is 4. The van der Waals surface area contributed by atoms with Gasteiger partial charge in [0.05, 0.1) is 0 Å². The van der Waals surface area contributed by atoms with Crippen molar-refractivity contribution >= 4 is 11.2 Å². The molecule has 0 saturated heterocycles. The minimum Gasteiger partial charge on any atom is -0.313 e. The number of hydrogen-bond donors (Lipinski definition) is 0. The van der Waals surface area contributed by atoms with Crippen molar-refractivity contribution in [3.8, 4) is 11.3 Å². The maximum atomic E-state index is 13.9. The fraction of sp³-hybridized carbons (Fsp3) is 0.214. The zero-order chi connectivity index (χ0) is 13.7. The second-order valence-electron chi connectivity index (χ2n) is 4.80. The summed E-state index contributed by atoms with van der Waals surface area (Å²) in [6.07, 6.45) is 3.33. The van der Waals surface area contributed by atoms with Crippen LogP contribution in [-0.4, -0.2) is 19.5 Å². The molecule has 0 aliphatic carbocycles. The lowest BCUT2D eigenvalue weighted by molar-refractivity contribution is 0.585. The van der Waals surface area contributed by atoms with E-state index in [1.807, 2.05) is 4.57 Å². The van der Waals surface area contributed by atoms with Crippen LogP contribution in [-0.2, 0) is 13.0 Å². The minimum absolute atomic E-state index is 0.246. The van der Waals surface area contributed by atoms with Crippen LogP contribution in [0.4, 0.5) is 8.78 Å². The highest BCUT2D eigenvalue weighted by molar-refractivity contribution is 5.87. The average molecular weight is 272 g/mol. The standard InChI is InChI=1S/C14H10F2N4/c15-8-3-4-9(10(16)6-8)12-13-14(18-7-17-12)20-5-1-2-11(20)19-13/h3-4,6-7H,1-2,5H2. The second-order valence-corrected chi connectivity index (χ2v) is 4.80. The van der Waals surface area contributed by atoms with E-state index in [4.69, 9.17) is 0 Å². The third kappa shape index (κ3) is 1.54. The normalized spacial score (nSPS) is 13.9. The molecule has 6 heteroatoms. The summed E-state index contributed by atoms with van der Waals surface area (Å²) in [6.45, 7) is 0.869. The quantitative estimate of drug-likeness (QED) is 0.684. The molecule has 0 saturated carbocycles. The number of benzene rings is 1. The van der Waals surface area contributed by atoms with Crippen molar-refractivity contribution in [1.82, 2.24) is 19.5 Å². The summed E-state index contributed by atoms with van der Waals surface area (Å²) in [5.74, 6) is -0.300. The maximum Gasteiger partial charge on any atom is 0.164 e. The molecule has 0 amide bonds. The van der Waals surface area contributed by atoms with Crippen molar-refractivity contribution < 1.29 is 8.78 Å². The lowest BCUT2D eigenvalue weighted by Crippen LogP contribution is -1.96. The molecule has 2 aromatic heterocycles. The summed E-state index contributed by atoms with van der Waals surface area (Å²) in [5, 5.41) is 0. The molecular formula is C14H10F2N4. The van der Waals surface area contributed by atoms with Crippen molar-refractivity contribution in [3.63, 3.8) is 0 Å². The van der Waals surface area contributed by atoms with E-state index in [1.165, 1.54) is 18.5 Å². The Balaban J connectivity index is 2.00. The number of aryl methyl sites for hydroxylation is 2. The zero-order valence-electron chi connectivity index (χ0n) is 10.5. The van der Waals surface area contributed by atoms with E-state index in [0.717, 1.165) is 31.3 Å². The van der Waals surface area contributed by atoms with Crippen LogP contribution in [0.15, 0.2) is 24.5 Å². The summed E-state index contributed by atoms with van der Waals surface area (Å²) < 4.78 is 29.0. The van der Waals surface area contributed by atoms with Gasteiger partial charge < -0.3 is 4.57 Å².